The van der Waals surface area contributed by atoms with Gasteiger partial charge in [0.05, 0.1) is 17.4 Å². The van der Waals surface area contributed by atoms with Crippen molar-refractivity contribution in [2.75, 3.05) is 7.05 Å². The summed E-state index contributed by atoms with van der Waals surface area (Å²) in [6.07, 6.45) is 7.81. The lowest BCUT2D eigenvalue weighted by atomic mass is 9.69. The van der Waals surface area contributed by atoms with Crippen molar-refractivity contribution in [2.24, 2.45) is 51.2 Å². The minimum absolute atomic E-state index is 0.114. The van der Waals surface area contributed by atoms with E-state index in [2.05, 4.69) is 10.6 Å². The Bertz CT molecular complexity index is 1450. The Kier molecular flexibility index (Phi) is 18.4. The lowest BCUT2D eigenvalue weighted by Crippen LogP contribution is -2.58. The van der Waals surface area contributed by atoms with Crippen molar-refractivity contribution in [1.29, 1.82) is 0 Å². The highest BCUT2D eigenvalue weighted by Crippen LogP contribution is 2.47. The number of carbonyl (C=O) groups excluding carboxylic acids is 6. The number of hydrogen-bond acceptors (Lipinski definition) is 7. The molecule has 2 aliphatic carbocycles. The molecule has 0 radical (unpaired) electrons. The smallest absolute Gasteiger partial charge is 0.310 e. The second-order valence-electron chi connectivity index (χ2n) is 21.6. The standard InChI is InChI=1S/C47H81N3O8/c1-15-36(44(5,6)7)48-40(54)33(47(43(57)58)23-19-20-24-47)28-34(51)32(27-37(53)45(8,9)10)26-35(52)39(46(11,12)13)49-41(55)38(29(2)3)50(14)42(56)30(4)25-31-21-17-16-18-22-31/h29-33,36,38-39H,15-28H2,1-14H3,(H,48,54)(H,49,55)(H,57,58)/t30-,32+,33+,36-,38+,39-/m1/s1. The predicted molar refractivity (Wildman–Crippen MR) is 229 cm³/mol. The normalized spacial score (nSPS) is 19.6. The van der Waals surface area contributed by atoms with Gasteiger partial charge in [-0.25, -0.2) is 0 Å². The van der Waals surface area contributed by atoms with Gasteiger partial charge in [-0.2, -0.15) is 0 Å². The van der Waals surface area contributed by atoms with Crippen molar-refractivity contribution >= 4 is 41.0 Å². The van der Waals surface area contributed by atoms with E-state index >= 15 is 0 Å². The molecule has 0 aliphatic heterocycles. The first-order valence-electron chi connectivity index (χ1n) is 22.3. The monoisotopic (exact) mass is 816 g/mol. The summed E-state index contributed by atoms with van der Waals surface area (Å²) in [6, 6.07) is -2.19. The van der Waals surface area contributed by atoms with Crippen LogP contribution in [0.3, 0.4) is 0 Å². The molecule has 58 heavy (non-hydrogen) atoms. The molecule has 0 bridgehead atoms. The largest absolute Gasteiger partial charge is 0.481 e. The Morgan fingerprint density at radius 1 is 0.724 bits per heavy atom. The fourth-order valence-corrected chi connectivity index (χ4v) is 9.46. The lowest BCUT2D eigenvalue weighted by molar-refractivity contribution is -0.158. The highest BCUT2D eigenvalue weighted by atomic mass is 16.4. The minimum Gasteiger partial charge on any atom is -0.481 e. The van der Waals surface area contributed by atoms with E-state index in [-0.39, 0.29) is 60.7 Å². The summed E-state index contributed by atoms with van der Waals surface area (Å²) < 4.78 is 0. The Hall–Kier alpha value is -3.11. The number of ketones is 3. The van der Waals surface area contributed by atoms with Crippen LogP contribution in [-0.2, 0) is 33.6 Å². The van der Waals surface area contributed by atoms with Gasteiger partial charge >= 0.3 is 5.97 Å². The molecule has 0 aromatic rings. The minimum atomic E-state index is -1.45. The van der Waals surface area contributed by atoms with Crippen LogP contribution in [0.2, 0.25) is 0 Å². The average Bonchev–Trinajstić information content (AvgIpc) is 3.61. The molecule has 0 aromatic carbocycles. The number of carbonyl (C=O) groups is 7. The molecule has 0 aromatic heterocycles. The van der Waals surface area contributed by atoms with Crippen molar-refractivity contribution in [3.63, 3.8) is 0 Å². The van der Waals surface area contributed by atoms with Gasteiger partial charge in [0.25, 0.3) is 0 Å². The Balaban J connectivity index is 2.48. The molecule has 6 atom stereocenters. The van der Waals surface area contributed by atoms with Crippen LogP contribution < -0.4 is 10.6 Å². The zero-order valence-corrected chi connectivity index (χ0v) is 38.8. The number of likely N-dealkylation sites (N-methyl/N-ethyl adjacent to an activating group) is 1. The Morgan fingerprint density at radius 2 is 1.28 bits per heavy atom. The summed E-state index contributed by atoms with van der Waals surface area (Å²) >= 11 is 0. The van der Waals surface area contributed by atoms with E-state index in [4.69, 9.17) is 0 Å². The van der Waals surface area contributed by atoms with Gasteiger partial charge in [0.2, 0.25) is 17.7 Å². The van der Waals surface area contributed by atoms with Crippen molar-refractivity contribution in [3.8, 4) is 0 Å². The summed E-state index contributed by atoms with van der Waals surface area (Å²) in [5, 5.41) is 16.7. The second kappa shape index (κ2) is 20.9. The SMILES string of the molecule is CC[C@@H](NC(=O)[C@H](CC(=O)[C@@H](CC(=O)[C@@H](NC(=O)[C@H](C(C)C)N(C)C(=O)[C@H](C)CC1CCCCC1)C(C)(C)C)CC(=O)C(C)(C)C)C1(C(=O)O)CCCC1)C(C)(C)C. The number of hydrogen-bond donors (Lipinski definition) is 3. The van der Waals surface area contributed by atoms with Gasteiger partial charge in [-0.15, -0.1) is 0 Å². The van der Waals surface area contributed by atoms with Gasteiger partial charge in [-0.05, 0) is 48.3 Å². The average molecular weight is 816 g/mol. The van der Waals surface area contributed by atoms with E-state index in [1.54, 1.807) is 27.8 Å². The fourth-order valence-electron chi connectivity index (χ4n) is 9.46. The van der Waals surface area contributed by atoms with Crippen LogP contribution in [0.1, 0.15) is 180 Å². The van der Waals surface area contributed by atoms with Crippen molar-refractivity contribution in [1.82, 2.24) is 15.5 Å². The topological polar surface area (TPSA) is 167 Å². The van der Waals surface area contributed by atoms with Gasteiger partial charge in [-0.1, -0.05) is 135 Å². The van der Waals surface area contributed by atoms with E-state index in [1.807, 2.05) is 69.2 Å². The summed E-state index contributed by atoms with van der Waals surface area (Å²) in [4.78, 5) is 99.4. The van der Waals surface area contributed by atoms with Crippen LogP contribution in [0.5, 0.6) is 0 Å². The van der Waals surface area contributed by atoms with Gasteiger partial charge in [0.1, 0.15) is 17.6 Å². The van der Waals surface area contributed by atoms with Gasteiger partial charge < -0.3 is 20.6 Å². The first-order chi connectivity index (χ1) is 26.6. The number of aliphatic carboxylic acids is 1. The molecular formula is C47H81N3O8. The number of nitrogens with one attached hydrogen (secondary N) is 2. The summed E-state index contributed by atoms with van der Waals surface area (Å²) in [5.74, 6) is -5.79. The van der Waals surface area contributed by atoms with Crippen LogP contribution in [0.15, 0.2) is 0 Å². The highest BCUT2D eigenvalue weighted by molar-refractivity contribution is 5.99. The van der Waals surface area contributed by atoms with Crippen LogP contribution in [0.4, 0.5) is 0 Å². The van der Waals surface area contributed by atoms with E-state index in [0.29, 0.717) is 25.2 Å². The summed E-state index contributed by atoms with van der Waals surface area (Å²) in [6.45, 7) is 24.2. The predicted octanol–water partition coefficient (Wildman–Crippen LogP) is 8.35. The van der Waals surface area contributed by atoms with Crippen LogP contribution in [-0.4, -0.2) is 76.2 Å². The van der Waals surface area contributed by atoms with E-state index < -0.39 is 75.9 Å². The highest BCUT2D eigenvalue weighted by Gasteiger charge is 2.53. The van der Waals surface area contributed by atoms with Crippen molar-refractivity contribution in [3.05, 3.63) is 0 Å². The van der Waals surface area contributed by atoms with Crippen LogP contribution in [0.25, 0.3) is 0 Å². The van der Waals surface area contributed by atoms with Crippen molar-refractivity contribution in [2.45, 2.75) is 198 Å². The Morgan fingerprint density at radius 3 is 1.72 bits per heavy atom. The molecule has 2 rings (SSSR count). The zero-order chi connectivity index (χ0) is 44.6. The maximum absolute atomic E-state index is 14.6. The van der Waals surface area contributed by atoms with E-state index in [9.17, 15) is 38.7 Å². The quantitative estimate of drug-likeness (QED) is 0.110. The van der Waals surface area contributed by atoms with Gasteiger partial charge in [0.15, 0.2) is 5.78 Å². The molecule has 0 unspecified atom stereocenters. The molecule has 2 saturated carbocycles. The number of carboxylic acid groups (broad SMARTS) is 1. The molecule has 0 spiro atoms. The molecule has 11 heteroatoms. The molecular weight excluding hydrogens is 735 g/mol. The number of carboxylic acids is 1. The van der Waals surface area contributed by atoms with Crippen LogP contribution >= 0.6 is 0 Å². The molecule has 0 saturated heterocycles. The molecule has 2 aliphatic rings. The lowest BCUT2D eigenvalue weighted by Gasteiger charge is -2.37. The Labute approximate surface area is 350 Å². The first-order valence-corrected chi connectivity index (χ1v) is 22.3. The molecule has 0 heterocycles. The summed E-state index contributed by atoms with van der Waals surface area (Å²) in [5.41, 5.74) is -3.42. The van der Waals surface area contributed by atoms with Gasteiger partial charge in [0, 0.05) is 49.6 Å². The van der Waals surface area contributed by atoms with Crippen LogP contribution in [0, 0.1) is 51.2 Å². The molecule has 3 amide bonds. The fraction of sp³-hybridized carbons (Fsp3) is 0.851. The van der Waals surface area contributed by atoms with Gasteiger partial charge in [-0.3, -0.25) is 33.6 Å². The van der Waals surface area contributed by atoms with E-state index in [1.165, 1.54) is 24.2 Å². The maximum atomic E-state index is 14.6. The molecule has 2 fully saturated rings. The number of amides is 3. The van der Waals surface area contributed by atoms with E-state index in [0.717, 1.165) is 19.3 Å². The number of nitrogens with zero attached hydrogens (tertiary/aromatic N) is 1. The zero-order valence-electron chi connectivity index (χ0n) is 38.8. The number of rotatable bonds is 20. The summed E-state index contributed by atoms with van der Waals surface area (Å²) in [7, 11) is 1.65. The third kappa shape index (κ3) is 13.7. The first kappa shape index (κ1) is 51.0. The maximum Gasteiger partial charge on any atom is 0.310 e. The third-order valence-electron chi connectivity index (χ3n) is 13.2. The number of Topliss-reactive ketones (excluding diaryl/α,β-unsaturated/α-hetero) is 3. The van der Waals surface area contributed by atoms with Crippen molar-refractivity contribution < 1.29 is 38.7 Å². The third-order valence-corrected chi connectivity index (χ3v) is 13.2. The molecule has 3 N–H and O–H groups in total. The molecule has 11 nitrogen and oxygen atoms in total. The second-order valence-corrected chi connectivity index (χ2v) is 21.6. The molecule has 332 valence electrons.